The monoisotopic (exact) mass is 283 g/mol. The summed E-state index contributed by atoms with van der Waals surface area (Å²) in [5.41, 5.74) is 0. The summed E-state index contributed by atoms with van der Waals surface area (Å²) in [5, 5.41) is 3.55. The van der Waals surface area contributed by atoms with Crippen molar-refractivity contribution in [2.45, 2.75) is 45.3 Å². The normalized spacial score (nSPS) is 31.1. The topological polar surface area (TPSA) is 18.5 Å². The summed E-state index contributed by atoms with van der Waals surface area (Å²) in [6, 6.07) is 2.20. The van der Waals surface area contributed by atoms with Gasteiger partial charge in [-0.25, -0.2) is 0 Å². The van der Waals surface area contributed by atoms with Gasteiger partial charge in [-0.3, -0.25) is 9.80 Å². The van der Waals surface area contributed by atoms with Gasteiger partial charge in [0.1, 0.15) is 0 Å². The minimum Gasteiger partial charge on any atom is -0.313 e. The van der Waals surface area contributed by atoms with E-state index in [-0.39, 0.29) is 24.8 Å². The number of piperazine rings is 1. The van der Waals surface area contributed by atoms with Crippen molar-refractivity contribution in [3.63, 3.8) is 0 Å². The number of hydrogen-bond donors (Lipinski definition) is 1. The molecule has 2 atom stereocenters. The molecule has 5 heteroatoms. The standard InChI is InChI=1S/C12H25N3.2ClH/c1-10(2)14-6-8-15(9-7-14)12-4-5-13-11(12)3;;/h10-13H,4-9H2,1-3H3;2*1H/t11-,12-;;/m0../s1. The molecular formula is C12H27Cl2N3. The van der Waals surface area contributed by atoms with Crippen LogP contribution in [0.2, 0.25) is 0 Å². The summed E-state index contributed by atoms with van der Waals surface area (Å²) in [4.78, 5) is 5.27. The minimum atomic E-state index is 0. The van der Waals surface area contributed by atoms with Gasteiger partial charge in [-0.05, 0) is 33.7 Å². The molecule has 2 heterocycles. The highest BCUT2D eigenvalue weighted by Crippen LogP contribution is 2.17. The van der Waals surface area contributed by atoms with Gasteiger partial charge < -0.3 is 5.32 Å². The van der Waals surface area contributed by atoms with E-state index in [1.165, 1.54) is 39.1 Å². The molecule has 0 saturated carbocycles. The van der Waals surface area contributed by atoms with Crippen molar-refractivity contribution in [1.29, 1.82) is 0 Å². The molecule has 2 aliphatic rings. The summed E-state index contributed by atoms with van der Waals surface area (Å²) >= 11 is 0. The van der Waals surface area contributed by atoms with Crippen LogP contribution in [0.5, 0.6) is 0 Å². The predicted molar refractivity (Wildman–Crippen MR) is 78.6 cm³/mol. The zero-order chi connectivity index (χ0) is 10.8. The van der Waals surface area contributed by atoms with Crippen LogP contribution in [0.1, 0.15) is 27.2 Å². The lowest BCUT2D eigenvalue weighted by Gasteiger charge is -2.40. The Bertz CT molecular complexity index is 206. The first-order valence-electron chi connectivity index (χ1n) is 6.40. The van der Waals surface area contributed by atoms with Gasteiger partial charge in [0.2, 0.25) is 0 Å². The fourth-order valence-electron chi connectivity index (χ4n) is 2.93. The van der Waals surface area contributed by atoms with E-state index in [0.717, 1.165) is 6.04 Å². The summed E-state index contributed by atoms with van der Waals surface area (Å²) in [6.07, 6.45) is 1.34. The summed E-state index contributed by atoms with van der Waals surface area (Å²) in [6.45, 7) is 13.2. The molecule has 2 saturated heterocycles. The zero-order valence-corrected chi connectivity index (χ0v) is 12.8. The summed E-state index contributed by atoms with van der Waals surface area (Å²) in [7, 11) is 0. The van der Waals surface area contributed by atoms with E-state index in [2.05, 4.69) is 35.9 Å². The maximum atomic E-state index is 3.55. The summed E-state index contributed by atoms with van der Waals surface area (Å²) < 4.78 is 0. The van der Waals surface area contributed by atoms with Crippen molar-refractivity contribution in [2.24, 2.45) is 0 Å². The van der Waals surface area contributed by atoms with Crippen molar-refractivity contribution in [3.8, 4) is 0 Å². The van der Waals surface area contributed by atoms with Crippen molar-refractivity contribution in [1.82, 2.24) is 15.1 Å². The number of hydrogen-bond acceptors (Lipinski definition) is 3. The molecular weight excluding hydrogens is 257 g/mol. The van der Waals surface area contributed by atoms with Crippen molar-refractivity contribution in [3.05, 3.63) is 0 Å². The highest BCUT2D eigenvalue weighted by atomic mass is 35.5. The van der Waals surface area contributed by atoms with Gasteiger partial charge in [-0.15, -0.1) is 24.8 Å². The van der Waals surface area contributed by atoms with Crippen LogP contribution in [0.3, 0.4) is 0 Å². The van der Waals surface area contributed by atoms with Gasteiger partial charge >= 0.3 is 0 Å². The third-order valence-corrected chi connectivity index (χ3v) is 4.03. The van der Waals surface area contributed by atoms with Crippen LogP contribution >= 0.6 is 24.8 Å². The van der Waals surface area contributed by atoms with E-state index >= 15 is 0 Å². The van der Waals surface area contributed by atoms with E-state index in [9.17, 15) is 0 Å². The molecule has 0 radical (unpaired) electrons. The molecule has 17 heavy (non-hydrogen) atoms. The van der Waals surface area contributed by atoms with Gasteiger partial charge in [0.15, 0.2) is 0 Å². The fraction of sp³-hybridized carbons (Fsp3) is 1.00. The van der Waals surface area contributed by atoms with Gasteiger partial charge in [-0.2, -0.15) is 0 Å². The van der Waals surface area contributed by atoms with Crippen LogP contribution in [-0.2, 0) is 0 Å². The second kappa shape index (κ2) is 7.80. The van der Waals surface area contributed by atoms with Crippen LogP contribution in [0.15, 0.2) is 0 Å². The number of halogens is 2. The molecule has 0 amide bonds. The Morgan fingerprint density at radius 3 is 2.06 bits per heavy atom. The highest BCUT2D eigenvalue weighted by Gasteiger charge is 2.31. The minimum absolute atomic E-state index is 0. The van der Waals surface area contributed by atoms with E-state index < -0.39 is 0 Å². The molecule has 0 spiro atoms. The molecule has 3 nitrogen and oxygen atoms in total. The maximum Gasteiger partial charge on any atom is 0.0259 e. The van der Waals surface area contributed by atoms with E-state index in [4.69, 9.17) is 0 Å². The van der Waals surface area contributed by atoms with Crippen LogP contribution in [0.4, 0.5) is 0 Å². The smallest absolute Gasteiger partial charge is 0.0259 e. The average molecular weight is 284 g/mol. The second-order valence-corrected chi connectivity index (χ2v) is 5.26. The van der Waals surface area contributed by atoms with Crippen LogP contribution in [0.25, 0.3) is 0 Å². The lowest BCUT2D eigenvalue weighted by molar-refractivity contribution is 0.0753. The Labute approximate surface area is 118 Å². The van der Waals surface area contributed by atoms with Gasteiger partial charge in [0.25, 0.3) is 0 Å². The summed E-state index contributed by atoms with van der Waals surface area (Å²) in [5.74, 6) is 0. The molecule has 2 rings (SSSR count). The molecule has 1 N–H and O–H groups in total. The highest BCUT2D eigenvalue weighted by molar-refractivity contribution is 5.85. The Balaban J connectivity index is 0.00000128. The third-order valence-electron chi connectivity index (χ3n) is 4.03. The molecule has 0 aliphatic carbocycles. The first kappa shape index (κ1) is 17.5. The quantitative estimate of drug-likeness (QED) is 0.831. The second-order valence-electron chi connectivity index (χ2n) is 5.26. The molecule has 2 aliphatic heterocycles. The predicted octanol–water partition coefficient (Wildman–Crippen LogP) is 1.61. The number of rotatable bonds is 2. The fourth-order valence-corrected chi connectivity index (χ4v) is 2.93. The lowest BCUT2D eigenvalue weighted by Crippen LogP contribution is -2.54. The van der Waals surface area contributed by atoms with Gasteiger partial charge in [0, 0.05) is 44.3 Å². The Hall–Kier alpha value is 0.460. The van der Waals surface area contributed by atoms with E-state index in [1.807, 2.05) is 0 Å². The van der Waals surface area contributed by atoms with Crippen LogP contribution in [-0.4, -0.2) is 60.6 Å². The van der Waals surface area contributed by atoms with Crippen molar-refractivity contribution < 1.29 is 0 Å². The van der Waals surface area contributed by atoms with Crippen LogP contribution in [0, 0.1) is 0 Å². The number of nitrogens with zero attached hydrogens (tertiary/aromatic N) is 2. The van der Waals surface area contributed by atoms with Crippen LogP contribution < -0.4 is 5.32 Å². The number of nitrogens with one attached hydrogen (secondary N) is 1. The Kier molecular flexibility index (Phi) is 8.01. The molecule has 2 fully saturated rings. The first-order valence-corrected chi connectivity index (χ1v) is 6.40. The molecule has 0 aromatic rings. The largest absolute Gasteiger partial charge is 0.313 e. The van der Waals surface area contributed by atoms with E-state index in [0.29, 0.717) is 12.1 Å². The Morgan fingerprint density at radius 2 is 1.65 bits per heavy atom. The van der Waals surface area contributed by atoms with E-state index in [1.54, 1.807) is 0 Å². The van der Waals surface area contributed by atoms with Gasteiger partial charge in [-0.1, -0.05) is 0 Å². The van der Waals surface area contributed by atoms with Crippen molar-refractivity contribution in [2.75, 3.05) is 32.7 Å². The van der Waals surface area contributed by atoms with Gasteiger partial charge in [0.05, 0.1) is 0 Å². The Morgan fingerprint density at radius 1 is 1.06 bits per heavy atom. The maximum absolute atomic E-state index is 3.55. The molecule has 104 valence electrons. The molecule has 0 bridgehead atoms. The third kappa shape index (κ3) is 4.25. The molecule has 0 aromatic carbocycles. The lowest BCUT2D eigenvalue weighted by atomic mass is 10.1. The SMILES string of the molecule is CC(C)N1CCN([C@H]2CCN[C@H]2C)CC1.Cl.Cl. The molecule has 0 unspecified atom stereocenters. The molecule has 0 aromatic heterocycles. The first-order chi connectivity index (χ1) is 7.18. The average Bonchev–Trinajstić information content (AvgIpc) is 2.65. The van der Waals surface area contributed by atoms with Crippen molar-refractivity contribution >= 4 is 24.8 Å². The zero-order valence-electron chi connectivity index (χ0n) is 11.2.